The summed E-state index contributed by atoms with van der Waals surface area (Å²) in [6, 6.07) is 18.1. The molecule has 4 rings (SSSR count). The largest absolute Gasteiger partial charge is 0.484 e. The minimum atomic E-state index is 0.285. The summed E-state index contributed by atoms with van der Waals surface area (Å²) in [5.74, 6) is 1.91. The van der Waals surface area contributed by atoms with Crippen molar-refractivity contribution in [1.29, 1.82) is 0 Å². The van der Waals surface area contributed by atoms with Gasteiger partial charge in [0, 0.05) is 12.2 Å². The van der Waals surface area contributed by atoms with Gasteiger partial charge in [-0.25, -0.2) is 0 Å². The molecule has 3 aromatic rings. The third-order valence-electron chi connectivity index (χ3n) is 3.92. The van der Waals surface area contributed by atoms with Gasteiger partial charge in [-0.2, -0.15) is 0 Å². The molecule has 0 N–H and O–H groups in total. The maximum Gasteiger partial charge on any atom is 0.253 e. The first-order valence-electron chi connectivity index (χ1n) is 7.70. The molecule has 0 radical (unpaired) electrons. The summed E-state index contributed by atoms with van der Waals surface area (Å²) in [6.07, 6.45) is 1.06. The van der Waals surface area contributed by atoms with Crippen LogP contribution in [0.5, 0.6) is 5.75 Å². The molecule has 1 aromatic heterocycles. The predicted molar refractivity (Wildman–Crippen MR) is 86.3 cm³/mol. The van der Waals surface area contributed by atoms with Crippen LogP contribution >= 0.6 is 0 Å². The first-order valence-corrected chi connectivity index (χ1v) is 7.70. The second-order valence-electron chi connectivity index (χ2n) is 5.49. The fraction of sp³-hybridized carbons (Fsp3) is 0.222. The molecule has 2 heterocycles. The van der Waals surface area contributed by atoms with Crippen molar-refractivity contribution >= 4 is 5.69 Å². The summed E-state index contributed by atoms with van der Waals surface area (Å²) in [5.41, 5.74) is 2.63. The van der Waals surface area contributed by atoms with Crippen LogP contribution in [0.2, 0.25) is 0 Å². The van der Waals surface area contributed by atoms with E-state index in [0.29, 0.717) is 18.3 Å². The van der Waals surface area contributed by atoms with Crippen molar-refractivity contribution in [2.45, 2.75) is 19.6 Å². The average molecular weight is 307 g/mol. The van der Waals surface area contributed by atoms with Crippen LogP contribution in [0.25, 0.3) is 0 Å². The molecule has 116 valence electrons. The smallest absolute Gasteiger partial charge is 0.253 e. The summed E-state index contributed by atoms with van der Waals surface area (Å²) >= 11 is 0. The highest BCUT2D eigenvalue weighted by Gasteiger charge is 2.20. The van der Waals surface area contributed by atoms with E-state index in [4.69, 9.17) is 9.15 Å². The highest BCUT2D eigenvalue weighted by molar-refractivity contribution is 5.57. The predicted octanol–water partition coefficient (Wildman–Crippen LogP) is 3.21. The van der Waals surface area contributed by atoms with E-state index in [-0.39, 0.29) is 6.61 Å². The van der Waals surface area contributed by atoms with Crippen molar-refractivity contribution in [1.82, 2.24) is 10.2 Å². The molecule has 0 atom stereocenters. The number of hydrogen-bond acceptors (Lipinski definition) is 5. The topological polar surface area (TPSA) is 51.4 Å². The van der Waals surface area contributed by atoms with Gasteiger partial charge in [-0.05, 0) is 30.2 Å². The monoisotopic (exact) mass is 307 g/mol. The highest BCUT2D eigenvalue weighted by Crippen LogP contribution is 2.28. The molecule has 0 saturated carbocycles. The molecular formula is C18H17N3O2. The zero-order valence-corrected chi connectivity index (χ0v) is 12.7. The lowest BCUT2D eigenvalue weighted by molar-refractivity contribution is 0.259. The van der Waals surface area contributed by atoms with Crippen LogP contribution in [0.3, 0.4) is 0 Å². The van der Waals surface area contributed by atoms with Gasteiger partial charge in [0.1, 0.15) is 5.75 Å². The SMILES string of the molecule is c1ccc(OCc2nnc(CN3CCc4ccccc43)o2)cc1. The number of aromatic nitrogens is 2. The first-order chi connectivity index (χ1) is 11.4. The Hall–Kier alpha value is -2.82. The summed E-state index contributed by atoms with van der Waals surface area (Å²) in [5, 5.41) is 8.19. The van der Waals surface area contributed by atoms with Gasteiger partial charge >= 0.3 is 0 Å². The normalized spacial score (nSPS) is 13.1. The van der Waals surface area contributed by atoms with Crippen LogP contribution in [0.4, 0.5) is 5.69 Å². The molecule has 0 fully saturated rings. The molecule has 0 saturated heterocycles. The van der Waals surface area contributed by atoms with Crippen LogP contribution in [0.1, 0.15) is 17.3 Å². The van der Waals surface area contributed by atoms with Crippen LogP contribution in [-0.2, 0) is 19.6 Å². The molecule has 1 aliphatic heterocycles. The summed E-state index contributed by atoms with van der Waals surface area (Å²) < 4.78 is 11.3. The summed E-state index contributed by atoms with van der Waals surface area (Å²) in [6.45, 7) is 1.90. The van der Waals surface area contributed by atoms with E-state index < -0.39 is 0 Å². The van der Waals surface area contributed by atoms with E-state index in [1.54, 1.807) is 0 Å². The molecular weight excluding hydrogens is 290 g/mol. The summed E-state index contributed by atoms with van der Waals surface area (Å²) in [4.78, 5) is 2.27. The van der Waals surface area contributed by atoms with Crippen LogP contribution < -0.4 is 9.64 Å². The molecule has 0 bridgehead atoms. The lowest BCUT2D eigenvalue weighted by Gasteiger charge is -2.16. The van der Waals surface area contributed by atoms with E-state index in [0.717, 1.165) is 18.7 Å². The van der Waals surface area contributed by atoms with Gasteiger partial charge in [-0.15, -0.1) is 10.2 Å². The molecule has 1 aliphatic rings. The van der Waals surface area contributed by atoms with Gasteiger partial charge in [0.05, 0.1) is 6.54 Å². The maximum absolute atomic E-state index is 5.69. The number of nitrogens with zero attached hydrogens (tertiary/aromatic N) is 3. The molecule has 0 spiro atoms. The molecule has 0 unspecified atom stereocenters. The minimum Gasteiger partial charge on any atom is -0.484 e. The van der Waals surface area contributed by atoms with Crippen molar-refractivity contribution in [2.75, 3.05) is 11.4 Å². The van der Waals surface area contributed by atoms with Crippen molar-refractivity contribution in [2.24, 2.45) is 0 Å². The van der Waals surface area contributed by atoms with Gasteiger partial charge in [-0.3, -0.25) is 0 Å². The van der Waals surface area contributed by atoms with E-state index in [1.807, 2.05) is 30.3 Å². The highest BCUT2D eigenvalue weighted by atomic mass is 16.5. The number of rotatable bonds is 5. The van der Waals surface area contributed by atoms with Crippen molar-refractivity contribution in [3.8, 4) is 5.75 Å². The number of ether oxygens (including phenoxy) is 1. The third-order valence-corrected chi connectivity index (χ3v) is 3.92. The molecule has 0 aliphatic carbocycles. The van der Waals surface area contributed by atoms with Gasteiger partial charge < -0.3 is 14.1 Å². The van der Waals surface area contributed by atoms with E-state index in [9.17, 15) is 0 Å². The number of hydrogen-bond donors (Lipinski definition) is 0. The first kappa shape index (κ1) is 13.8. The van der Waals surface area contributed by atoms with E-state index >= 15 is 0 Å². The van der Waals surface area contributed by atoms with Crippen molar-refractivity contribution in [3.05, 3.63) is 71.9 Å². The Labute approximate surface area is 134 Å². The number of anilines is 1. The van der Waals surface area contributed by atoms with Crippen LogP contribution in [-0.4, -0.2) is 16.7 Å². The van der Waals surface area contributed by atoms with Crippen LogP contribution in [0, 0.1) is 0 Å². The van der Waals surface area contributed by atoms with E-state index in [2.05, 4.69) is 39.4 Å². The zero-order valence-electron chi connectivity index (χ0n) is 12.7. The van der Waals surface area contributed by atoms with Crippen molar-refractivity contribution < 1.29 is 9.15 Å². The zero-order chi connectivity index (χ0) is 15.5. The Balaban J connectivity index is 1.39. The summed E-state index contributed by atoms with van der Waals surface area (Å²) in [7, 11) is 0. The Morgan fingerprint density at radius 2 is 1.74 bits per heavy atom. The number of benzene rings is 2. The lowest BCUT2D eigenvalue weighted by atomic mass is 10.2. The molecule has 23 heavy (non-hydrogen) atoms. The average Bonchev–Trinajstić information content (AvgIpc) is 3.22. The van der Waals surface area contributed by atoms with Crippen molar-refractivity contribution in [3.63, 3.8) is 0 Å². The van der Waals surface area contributed by atoms with Gasteiger partial charge in [-0.1, -0.05) is 36.4 Å². The standard InChI is InChI=1S/C18H17N3O2/c1-2-7-15(8-3-1)22-13-18-20-19-17(23-18)12-21-11-10-14-6-4-5-9-16(14)21/h1-9H,10-13H2. The number of para-hydroxylation sites is 2. The van der Waals surface area contributed by atoms with Crippen LogP contribution in [0.15, 0.2) is 59.0 Å². The Kier molecular flexibility index (Phi) is 3.68. The van der Waals surface area contributed by atoms with Gasteiger partial charge in [0.2, 0.25) is 5.89 Å². The fourth-order valence-corrected chi connectivity index (χ4v) is 2.81. The van der Waals surface area contributed by atoms with Gasteiger partial charge in [0.25, 0.3) is 5.89 Å². The molecule has 2 aromatic carbocycles. The van der Waals surface area contributed by atoms with Gasteiger partial charge in [0.15, 0.2) is 6.61 Å². The number of fused-ring (bicyclic) bond motifs is 1. The Morgan fingerprint density at radius 1 is 0.957 bits per heavy atom. The maximum atomic E-state index is 5.69. The Bertz CT molecular complexity index is 786. The third kappa shape index (κ3) is 3.04. The minimum absolute atomic E-state index is 0.285. The lowest BCUT2D eigenvalue weighted by Crippen LogP contribution is -2.19. The second-order valence-corrected chi connectivity index (χ2v) is 5.49. The quantitative estimate of drug-likeness (QED) is 0.724. The second kappa shape index (κ2) is 6.12. The Morgan fingerprint density at radius 3 is 2.65 bits per heavy atom. The molecule has 5 nitrogen and oxygen atoms in total. The van der Waals surface area contributed by atoms with E-state index in [1.165, 1.54) is 11.3 Å². The molecule has 5 heteroatoms. The molecule has 0 amide bonds. The fourth-order valence-electron chi connectivity index (χ4n) is 2.81.